The van der Waals surface area contributed by atoms with Crippen molar-refractivity contribution in [3.8, 4) is 0 Å². The summed E-state index contributed by atoms with van der Waals surface area (Å²) in [6.45, 7) is 7.46. The van der Waals surface area contributed by atoms with Gasteiger partial charge in [0.1, 0.15) is 0 Å². The van der Waals surface area contributed by atoms with Crippen molar-refractivity contribution < 1.29 is 4.21 Å². The quantitative estimate of drug-likeness (QED) is 0.301. The van der Waals surface area contributed by atoms with Crippen LogP contribution in [0.15, 0.2) is 65.7 Å². The van der Waals surface area contributed by atoms with Gasteiger partial charge in [0.25, 0.3) is 0 Å². The second kappa shape index (κ2) is 13.0. The highest BCUT2D eigenvalue weighted by Gasteiger charge is 2.19. The molecule has 29 heavy (non-hydrogen) atoms. The topological polar surface area (TPSA) is 53.5 Å². The molecule has 0 spiro atoms. The van der Waals surface area contributed by atoms with E-state index < -0.39 is 10.8 Å². The van der Waals surface area contributed by atoms with Crippen LogP contribution in [-0.4, -0.2) is 40.8 Å². The molecule has 160 valence electrons. The van der Waals surface area contributed by atoms with Crippen LogP contribution in [0.1, 0.15) is 44.2 Å². The van der Waals surface area contributed by atoms with Gasteiger partial charge in [-0.05, 0) is 38.3 Å². The standard InChI is InChI=1S/C23H33N3OS.HI/c1-23(2,3)28(27)18-17-26-22(24-4)25-16-15-21(19-11-7-5-8-12-19)20-13-9-6-10-14-20;/h5-14,21H,15-18H2,1-4H3,(H2,24,25,26);1H. The van der Waals surface area contributed by atoms with Crippen molar-refractivity contribution in [1.29, 1.82) is 0 Å². The molecule has 1 atom stereocenters. The molecule has 4 nitrogen and oxygen atoms in total. The van der Waals surface area contributed by atoms with E-state index in [0.29, 0.717) is 18.2 Å². The lowest BCUT2D eigenvalue weighted by molar-refractivity contribution is 0.646. The zero-order chi connectivity index (χ0) is 20.4. The zero-order valence-corrected chi connectivity index (χ0v) is 21.0. The smallest absolute Gasteiger partial charge is 0.191 e. The summed E-state index contributed by atoms with van der Waals surface area (Å²) in [6.07, 6.45) is 0.961. The third-order valence-electron chi connectivity index (χ3n) is 4.62. The summed E-state index contributed by atoms with van der Waals surface area (Å²) >= 11 is 0. The summed E-state index contributed by atoms with van der Waals surface area (Å²) < 4.78 is 12.0. The first-order valence-electron chi connectivity index (χ1n) is 9.84. The number of hydrogen-bond acceptors (Lipinski definition) is 2. The predicted octanol–water partition coefficient (Wildman–Crippen LogP) is 4.54. The van der Waals surface area contributed by atoms with Crippen molar-refractivity contribution >= 4 is 40.7 Å². The number of nitrogens with one attached hydrogen (secondary N) is 2. The molecule has 0 aliphatic heterocycles. The summed E-state index contributed by atoms with van der Waals surface area (Å²) in [4.78, 5) is 4.28. The largest absolute Gasteiger partial charge is 0.356 e. The Morgan fingerprint density at radius 3 is 1.86 bits per heavy atom. The van der Waals surface area contributed by atoms with Crippen molar-refractivity contribution in [3.63, 3.8) is 0 Å². The molecule has 0 saturated heterocycles. The second-order valence-corrected chi connectivity index (χ2v) is 10.1. The second-order valence-electron chi connectivity index (χ2n) is 7.75. The molecule has 6 heteroatoms. The molecule has 0 heterocycles. The van der Waals surface area contributed by atoms with Crippen molar-refractivity contribution in [2.75, 3.05) is 25.9 Å². The maximum Gasteiger partial charge on any atom is 0.191 e. The van der Waals surface area contributed by atoms with Gasteiger partial charge in [0.2, 0.25) is 0 Å². The van der Waals surface area contributed by atoms with Crippen LogP contribution in [0.2, 0.25) is 0 Å². The van der Waals surface area contributed by atoms with E-state index in [1.807, 2.05) is 20.8 Å². The minimum atomic E-state index is -0.864. The van der Waals surface area contributed by atoms with E-state index >= 15 is 0 Å². The molecule has 1 unspecified atom stereocenters. The van der Waals surface area contributed by atoms with E-state index in [-0.39, 0.29) is 28.7 Å². The van der Waals surface area contributed by atoms with E-state index in [0.717, 1.165) is 18.9 Å². The first-order valence-corrected chi connectivity index (χ1v) is 11.2. The van der Waals surface area contributed by atoms with Gasteiger partial charge in [0, 0.05) is 47.4 Å². The highest BCUT2D eigenvalue weighted by atomic mass is 127. The molecule has 0 bridgehead atoms. The third-order valence-corrected chi connectivity index (χ3v) is 6.56. The van der Waals surface area contributed by atoms with Crippen LogP contribution < -0.4 is 10.6 Å². The number of aliphatic imine (C=N–C) groups is 1. The van der Waals surface area contributed by atoms with Gasteiger partial charge in [-0.3, -0.25) is 9.20 Å². The fourth-order valence-corrected chi connectivity index (χ4v) is 3.92. The van der Waals surface area contributed by atoms with Gasteiger partial charge in [-0.25, -0.2) is 0 Å². The predicted molar refractivity (Wildman–Crippen MR) is 137 cm³/mol. The molecule has 0 saturated carbocycles. The molecule has 2 rings (SSSR count). The number of guanidine groups is 1. The Bertz CT molecular complexity index is 721. The van der Waals surface area contributed by atoms with E-state index in [1.165, 1.54) is 11.1 Å². The molecule has 0 amide bonds. The first-order chi connectivity index (χ1) is 13.4. The van der Waals surface area contributed by atoms with Crippen LogP contribution in [0, 0.1) is 0 Å². The molecule has 0 aliphatic rings. The molecule has 0 fully saturated rings. The van der Waals surface area contributed by atoms with Gasteiger partial charge in [0.05, 0.1) is 0 Å². The Hall–Kier alpha value is -1.41. The lowest BCUT2D eigenvalue weighted by atomic mass is 9.88. The van der Waals surface area contributed by atoms with E-state index in [4.69, 9.17) is 0 Å². The summed E-state index contributed by atoms with van der Waals surface area (Å²) in [5.74, 6) is 1.70. The highest BCUT2D eigenvalue weighted by Crippen LogP contribution is 2.27. The monoisotopic (exact) mass is 527 g/mol. The molecule has 0 aliphatic carbocycles. The Labute approximate surface area is 195 Å². The number of halogens is 1. The zero-order valence-electron chi connectivity index (χ0n) is 17.9. The molecular formula is C23H34IN3OS. The van der Waals surface area contributed by atoms with E-state index in [1.54, 1.807) is 7.05 Å². The highest BCUT2D eigenvalue weighted by molar-refractivity contribution is 14.0. The minimum absolute atomic E-state index is 0. The van der Waals surface area contributed by atoms with Crippen LogP contribution in [0.5, 0.6) is 0 Å². The number of rotatable bonds is 8. The summed E-state index contributed by atoms with van der Waals surface area (Å²) in [6, 6.07) is 21.2. The first kappa shape index (κ1) is 25.6. The Morgan fingerprint density at radius 1 is 0.931 bits per heavy atom. The van der Waals surface area contributed by atoms with E-state index in [2.05, 4.69) is 76.3 Å². The van der Waals surface area contributed by atoms with Gasteiger partial charge in [-0.1, -0.05) is 60.7 Å². The van der Waals surface area contributed by atoms with Crippen LogP contribution >= 0.6 is 24.0 Å². The van der Waals surface area contributed by atoms with E-state index in [9.17, 15) is 4.21 Å². The Balaban J connectivity index is 0.00000420. The van der Waals surface area contributed by atoms with Gasteiger partial charge in [-0.2, -0.15) is 0 Å². The summed E-state index contributed by atoms with van der Waals surface area (Å²) in [5.41, 5.74) is 2.64. The van der Waals surface area contributed by atoms with Crippen molar-refractivity contribution in [2.45, 2.75) is 37.9 Å². The molecule has 2 N–H and O–H groups in total. The SMILES string of the molecule is CN=C(NCCC(c1ccccc1)c1ccccc1)NCCS(=O)C(C)(C)C.I. The van der Waals surface area contributed by atoms with Crippen molar-refractivity contribution in [2.24, 2.45) is 4.99 Å². The van der Waals surface area contributed by atoms with Gasteiger partial charge in [-0.15, -0.1) is 24.0 Å². The molecular weight excluding hydrogens is 493 g/mol. The lowest BCUT2D eigenvalue weighted by Gasteiger charge is -2.20. The summed E-state index contributed by atoms with van der Waals surface area (Å²) in [7, 11) is 0.902. The Morgan fingerprint density at radius 2 is 1.41 bits per heavy atom. The normalized spacial score (nSPS) is 12.9. The number of benzene rings is 2. The lowest BCUT2D eigenvalue weighted by Crippen LogP contribution is -2.41. The number of nitrogens with zero attached hydrogens (tertiary/aromatic N) is 1. The Kier molecular flexibility index (Phi) is 11.5. The van der Waals surface area contributed by atoms with Gasteiger partial charge < -0.3 is 10.6 Å². The number of hydrogen-bond donors (Lipinski definition) is 2. The maximum atomic E-state index is 12.2. The third kappa shape index (κ3) is 8.86. The molecule has 0 radical (unpaired) electrons. The van der Waals surface area contributed by atoms with Gasteiger partial charge >= 0.3 is 0 Å². The van der Waals surface area contributed by atoms with Crippen LogP contribution in [0.25, 0.3) is 0 Å². The average molecular weight is 528 g/mol. The average Bonchev–Trinajstić information content (AvgIpc) is 2.70. The molecule has 2 aromatic rings. The molecule has 2 aromatic carbocycles. The molecule has 0 aromatic heterocycles. The van der Waals surface area contributed by atoms with Crippen LogP contribution in [-0.2, 0) is 10.8 Å². The summed E-state index contributed by atoms with van der Waals surface area (Å²) in [5, 5.41) is 6.66. The maximum absolute atomic E-state index is 12.2. The van der Waals surface area contributed by atoms with Crippen molar-refractivity contribution in [3.05, 3.63) is 71.8 Å². The fourth-order valence-electron chi connectivity index (χ4n) is 3.02. The van der Waals surface area contributed by atoms with Gasteiger partial charge in [0.15, 0.2) is 5.96 Å². The van der Waals surface area contributed by atoms with Crippen LogP contribution in [0.3, 0.4) is 0 Å². The fraction of sp³-hybridized carbons (Fsp3) is 0.435. The van der Waals surface area contributed by atoms with Crippen molar-refractivity contribution in [1.82, 2.24) is 10.6 Å². The minimum Gasteiger partial charge on any atom is -0.356 e. The van der Waals surface area contributed by atoms with Crippen LogP contribution in [0.4, 0.5) is 0 Å².